The predicted octanol–water partition coefficient (Wildman–Crippen LogP) is 4.84. The predicted molar refractivity (Wildman–Crippen MR) is 114 cm³/mol. The van der Waals surface area contributed by atoms with Crippen molar-refractivity contribution in [1.82, 2.24) is 4.98 Å². The Balaban J connectivity index is 1.45. The number of hydrogen-bond acceptors (Lipinski definition) is 6. The highest BCUT2D eigenvalue weighted by Gasteiger charge is 2.32. The maximum absolute atomic E-state index is 12.8. The summed E-state index contributed by atoms with van der Waals surface area (Å²) >= 11 is 0. The van der Waals surface area contributed by atoms with Gasteiger partial charge in [0, 0.05) is 25.4 Å². The van der Waals surface area contributed by atoms with Crippen molar-refractivity contribution in [3.63, 3.8) is 0 Å². The Labute approximate surface area is 186 Å². The van der Waals surface area contributed by atoms with E-state index in [9.17, 15) is 18.0 Å². The molecule has 2 aliphatic rings. The van der Waals surface area contributed by atoms with E-state index in [4.69, 9.17) is 9.47 Å². The van der Waals surface area contributed by atoms with Gasteiger partial charge in [0.05, 0.1) is 24.5 Å². The fourth-order valence-electron chi connectivity index (χ4n) is 3.73. The molecule has 0 aliphatic carbocycles. The number of rotatable bonds is 3. The molecule has 1 N–H and O–H groups in total. The first-order valence-corrected chi connectivity index (χ1v) is 10.2. The van der Waals surface area contributed by atoms with Gasteiger partial charge >= 0.3 is 6.36 Å². The van der Waals surface area contributed by atoms with Gasteiger partial charge in [-0.2, -0.15) is 0 Å². The van der Waals surface area contributed by atoms with Gasteiger partial charge in [-0.05, 0) is 47.5 Å². The van der Waals surface area contributed by atoms with Crippen molar-refractivity contribution in [2.24, 2.45) is 0 Å². The maximum Gasteiger partial charge on any atom is 0.573 e. The number of hydrogen-bond donors (Lipinski definition) is 1. The van der Waals surface area contributed by atoms with E-state index >= 15 is 0 Å². The number of pyridine rings is 1. The standard InChI is InChI=1S/C23H18F3N3O4/c24-23(25,26)33-16-2-3-18-20(13-16)32-19-4-1-14(11-17(19)22(30)28-18)15-5-6-27-21(12-15)29-7-9-31-10-8-29/h1-6,11-13H,7-10H2,(H,28,30). The van der Waals surface area contributed by atoms with Gasteiger partial charge < -0.3 is 24.4 Å². The fourth-order valence-corrected chi connectivity index (χ4v) is 3.73. The fraction of sp³-hybridized carbons (Fsp3) is 0.217. The number of amides is 1. The SMILES string of the molecule is O=C1Nc2ccc(OC(F)(F)F)cc2Oc2ccc(-c3ccnc(N4CCOCC4)c3)cc21. The number of morpholine rings is 1. The van der Waals surface area contributed by atoms with Crippen LogP contribution in [0.1, 0.15) is 10.4 Å². The van der Waals surface area contributed by atoms with Gasteiger partial charge in [0.25, 0.3) is 5.91 Å². The number of nitrogens with zero attached hydrogens (tertiary/aromatic N) is 2. The Morgan fingerprint density at radius 2 is 1.76 bits per heavy atom. The summed E-state index contributed by atoms with van der Waals surface area (Å²) in [6, 6.07) is 12.4. The van der Waals surface area contributed by atoms with Crippen LogP contribution >= 0.6 is 0 Å². The molecule has 0 unspecified atom stereocenters. The highest BCUT2D eigenvalue weighted by molar-refractivity contribution is 6.08. The van der Waals surface area contributed by atoms with Gasteiger partial charge in [-0.3, -0.25) is 4.79 Å². The zero-order valence-electron chi connectivity index (χ0n) is 17.2. The molecule has 3 heterocycles. The zero-order chi connectivity index (χ0) is 23.0. The summed E-state index contributed by atoms with van der Waals surface area (Å²) in [5, 5.41) is 2.68. The van der Waals surface area contributed by atoms with Gasteiger partial charge in [-0.1, -0.05) is 6.07 Å². The third-order valence-electron chi connectivity index (χ3n) is 5.29. The molecule has 33 heavy (non-hydrogen) atoms. The summed E-state index contributed by atoms with van der Waals surface area (Å²) in [6.07, 6.45) is -3.12. The number of carbonyl (C=O) groups is 1. The highest BCUT2D eigenvalue weighted by Crippen LogP contribution is 2.40. The van der Waals surface area contributed by atoms with E-state index in [-0.39, 0.29) is 22.7 Å². The Morgan fingerprint density at radius 3 is 2.55 bits per heavy atom. The van der Waals surface area contributed by atoms with Gasteiger partial charge in [0.15, 0.2) is 5.75 Å². The monoisotopic (exact) mass is 457 g/mol. The lowest BCUT2D eigenvalue weighted by atomic mass is 10.0. The molecule has 2 aromatic carbocycles. The van der Waals surface area contributed by atoms with Crippen molar-refractivity contribution < 1.29 is 32.2 Å². The minimum Gasteiger partial charge on any atom is -0.454 e. The first-order valence-electron chi connectivity index (χ1n) is 10.2. The lowest BCUT2D eigenvalue weighted by Gasteiger charge is -2.28. The largest absolute Gasteiger partial charge is 0.573 e. The van der Waals surface area contributed by atoms with Crippen LogP contribution in [0.15, 0.2) is 54.7 Å². The van der Waals surface area contributed by atoms with Crippen LogP contribution in [-0.4, -0.2) is 43.6 Å². The molecule has 3 aromatic rings. The lowest BCUT2D eigenvalue weighted by molar-refractivity contribution is -0.274. The topological polar surface area (TPSA) is 72.9 Å². The summed E-state index contributed by atoms with van der Waals surface area (Å²) in [5.74, 6) is 0.216. The molecule has 0 radical (unpaired) electrons. The number of aromatic nitrogens is 1. The van der Waals surface area contributed by atoms with Crippen LogP contribution in [0, 0.1) is 0 Å². The van der Waals surface area contributed by atoms with Crippen LogP contribution in [0.3, 0.4) is 0 Å². The van der Waals surface area contributed by atoms with Gasteiger partial charge in [0.2, 0.25) is 0 Å². The second kappa shape index (κ2) is 8.28. The summed E-state index contributed by atoms with van der Waals surface area (Å²) in [5.41, 5.74) is 2.14. The number of anilines is 2. The van der Waals surface area contributed by atoms with Crippen LogP contribution in [0.25, 0.3) is 11.1 Å². The van der Waals surface area contributed by atoms with Crippen molar-refractivity contribution >= 4 is 17.4 Å². The molecule has 10 heteroatoms. The molecule has 0 bridgehead atoms. The molecular weight excluding hydrogens is 439 g/mol. The molecule has 1 fully saturated rings. The van der Waals surface area contributed by atoms with Crippen molar-refractivity contribution in [2.45, 2.75) is 6.36 Å². The minimum absolute atomic E-state index is 0.0510. The van der Waals surface area contributed by atoms with Crippen LogP contribution in [0.2, 0.25) is 0 Å². The van der Waals surface area contributed by atoms with Crippen LogP contribution in [0.4, 0.5) is 24.7 Å². The Bertz CT molecular complexity index is 1210. The zero-order valence-corrected chi connectivity index (χ0v) is 17.2. The number of alkyl halides is 3. The van der Waals surface area contributed by atoms with Crippen LogP contribution in [0.5, 0.6) is 17.2 Å². The molecule has 2 aliphatic heterocycles. The van der Waals surface area contributed by atoms with Gasteiger partial charge in [0.1, 0.15) is 17.3 Å². The summed E-state index contributed by atoms with van der Waals surface area (Å²) in [6.45, 7) is 2.77. The molecule has 0 spiro atoms. The smallest absolute Gasteiger partial charge is 0.454 e. The van der Waals surface area contributed by atoms with Crippen molar-refractivity contribution in [1.29, 1.82) is 0 Å². The third kappa shape index (κ3) is 4.56. The van der Waals surface area contributed by atoms with Crippen LogP contribution < -0.4 is 19.7 Å². The first kappa shape index (κ1) is 21.1. The summed E-state index contributed by atoms with van der Waals surface area (Å²) in [4.78, 5) is 19.4. The number of carbonyl (C=O) groups excluding carboxylic acids is 1. The van der Waals surface area contributed by atoms with Crippen molar-refractivity contribution in [3.05, 3.63) is 60.3 Å². The Kier molecular flexibility index (Phi) is 5.29. The molecule has 170 valence electrons. The quantitative estimate of drug-likeness (QED) is 0.607. The maximum atomic E-state index is 12.8. The van der Waals surface area contributed by atoms with Gasteiger partial charge in [-0.15, -0.1) is 13.2 Å². The Hall–Kier alpha value is -3.79. The van der Waals surface area contributed by atoms with E-state index in [0.717, 1.165) is 42.2 Å². The average molecular weight is 457 g/mol. The molecule has 0 saturated carbocycles. The highest BCUT2D eigenvalue weighted by atomic mass is 19.4. The number of nitrogens with one attached hydrogen (secondary N) is 1. The van der Waals surface area contributed by atoms with Crippen LogP contribution in [-0.2, 0) is 4.74 Å². The molecule has 1 amide bonds. The molecular formula is C23H18F3N3O4. The van der Waals surface area contributed by atoms with E-state index in [1.807, 2.05) is 12.1 Å². The Morgan fingerprint density at radius 1 is 0.970 bits per heavy atom. The van der Waals surface area contributed by atoms with Crippen molar-refractivity contribution in [3.8, 4) is 28.4 Å². The second-order valence-electron chi connectivity index (χ2n) is 7.48. The molecule has 7 nitrogen and oxygen atoms in total. The number of halogens is 3. The normalized spacial score (nSPS) is 15.6. The summed E-state index contributed by atoms with van der Waals surface area (Å²) < 4.78 is 52.8. The summed E-state index contributed by atoms with van der Waals surface area (Å²) in [7, 11) is 0. The molecule has 5 rings (SSSR count). The number of ether oxygens (including phenoxy) is 3. The third-order valence-corrected chi connectivity index (χ3v) is 5.29. The molecule has 1 aromatic heterocycles. The minimum atomic E-state index is -4.83. The van der Waals surface area contributed by atoms with Gasteiger partial charge in [-0.25, -0.2) is 4.98 Å². The number of benzene rings is 2. The lowest BCUT2D eigenvalue weighted by Crippen LogP contribution is -2.36. The molecule has 1 saturated heterocycles. The van der Waals surface area contributed by atoms with E-state index in [2.05, 4.69) is 19.9 Å². The van der Waals surface area contributed by atoms with Crippen molar-refractivity contribution in [2.75, 3.05) is 36.5 Å². The van der Waals surface area contributed by atoms with E-state index in [1.165, 1.54) is 6.07 Å². The first-order chi connectivity index (χ1) is 15.9. The number of fused-ring (bicyclic) bond motifs is 2. The van der Waals surface area contributed by atoms with E-state index in [0.29, 0.717) is 13.2 Å². The molecule has 0 atom stereocenters. The van der Waals surface area contributed by atoms with E-state index < -0.39 is 18.0 Å². The van der Waals surface area contributed by atoms with E-state index in [1.54, 1.807) is 24.4 Å². The average Bonchev–Trinajstić information content (AvgIpc) is 2.94. The second-order valence-corrected chi connectivity index (χ2v) is 7.48.